The Balaban J connectivity index is 1.61. The molecule has 3 rings (SSSR count). The second kappa shape index (κ2) is 8.39. The SMILES string of the molecule is FC(F)(F)c1ccccc1CON=Cc1cccc(C2CCCCC2)c1. The van der Waals surface area contributed by atoms with Crippen LogP contribution in [0.4, 0.5) is 13.2 Å². The van der Waals surface area contributed by atoms with Crippen molar-refractivity contribution in [2.45, 2.75) is 50.8 Å². The number of rotatable bonds is 5. The van der Waals surface area contributed by atoms with Gasteiger partial charge >= 0.3 is 6.18 Å². The smallest absolute Gasteiger partial charge is 0.391 e. The van der Waals surface area contributed by atoms with Crippen LogP contribution in [0, 0.1) is 0 Å². The molecule has 0 heterocycles. The molecule has 0 atom stereocenters. The molecule has 0 unspecified atom stereocenters. The van der Waals surface area contributed by atoms with Crippen molar-refractivity contribution in [2.75, 3.05) is 0 Å². The molecule has 0 aliphatic heterocycles. The first-order chi connectivity index (χ1) is 12.5. The van der Waals surface area contributed by atoms with E-state index in [4.69, 9.17) is 4.84 Å². The Morgan fingerprint density at radius 2 is 1.77 bits per heavy atom. The predicted molar refractivity (Wildman–Crippen MR) is 96.1 cm³/mol. The number of benzene rings is 2. The van der Waals surface area contributed by atoms with Crippen molar-refractivity contribution in [3.63, 3.8) is 0 Å². The topological polar surface area (TPSA) is 21.6 Å². The molecule has 0 aromatic heterocycles. The fourth-order valence-corrected chi connectivity index (χ4v) is 3.46. The fourth-order valence-electron chi connectivity index (χ4n) is 3.46. The normalized spacial score (nSPS) is 16.1. The van der Waals surface area contributed by atoms with Gasteiger partial charge < -0.3 is 4.84 Å². The van der Waals surface area contributed by atoms with Gasteiger partial charge in [0.25, 0.3) is 0 Å². The maximum absolute atomic E-state index is 12.9. The van der Waals surface area contributed by atoms with Crippen molar-refractivity contribution in [3.05, 3.63) is 70.8 Å². The van der Waals surface area contributed by atoms with Gasteiger partial charge in [0, 0.05) is 5.56 Å². The van der Waals surface area contributed by atoms with Gasteiger partial charge in [0.2, 0.25) is 0 Å². The second-order valence-electron chi connectivity index (χ2n) is 6.67. The van der Waals surface area contributed by atoms with E-state index in [1.807, 2.05) is 12.1 Å². The summed E-state index contributed by atoms with van der Waals surface area (Å²) in [5, 5.41) is 3.85. The average molecular weight is 361 g/mol. The molecule has 2 aromatic rings. The lowest BCUT2D eigenvalue weighted by atomic mass is 9.84. The van der Waals surface area contributed by atoms with Gasteiger partial charge in [-0.05, 0) is 42.0 Å². The highest BCUT2D eigenvalue weighted by atomic mass is 19.4. The molecule has 1 aliphatic rings. The van der Waals surface area contributed by atoms with Crippen LogP contribution in [0.15, 0.2) is 53.7 Å². The molecule has 26 heavy (non-hydrogen) atoms. The molecule has 0 spiro atoms. The van der Waals surface area contributed by atoms with Crippen molar-refractivity contribution in [1.29, 1.82) is 0 Å². The number of oxime groups is 1. The summed E-state index contributed by atoms with van der Waals surface area (Å²) >= 11 is 0. The van der Waals surface area contributed by atoms with Crippen LogP contribution in [0.2, 0.25) is 0 Å². The third kappa shape index (κ3) is 4.87. The number of alkyl halides is 3. The van der Waals surface area contributed by atoms with Crippen LogP contribution in [-0.4, -0.2) is 6.21 Å². The molecule has 5 heteroatoms. The maximum Gasteiger partial charge on any atom is 0.416 e. The van der Waals surface area contributed by atoms with Gasteiger partial charge in [0.15, 0.2) is 0 Å². The van der Waals surface area contributed by atoms with Crippen LogP contribution in [0.3, 0.4) is 0 Å². The molecule has 2 aromatic carbocycles. The molecule has 1 fully saturated rings. The van der Waals surface area contributed by atoms with Gasteiger partial charge in [0.05, 0.1) is 11.8 Å². The van der Waals surface area contributed by atoms with E-state index in [2.05, 4.69) is 17.3 Å². The summed E-state index contributed by atoms with van der Waals surface area (Å²) in [4.78, 5) is 5.11. The Bertz CT molecular complexity index is 749. The van der Waals surface area contributed by atoms with E-state index in [9.17, 15) is 13.2 Å². The molecule has 0 amide bonds. The fraction of sp³-hybridized carbons (Fsp3) is 0.381. The monoisotopic (exact) mass is 361 g/mol. The van der Waals surface area contributed by atoms with Gasteiger partial charge in [-0.3, -0.25) is 0 Å². The van der Waals surface area contributed by atoms with E-state index in [0.717, 1.165) is 11.6 Å². The van der Waals surface area contributed by atoms with Crippen LogP contribution >= 0.6 is 0 Å². The first-order valence-corrected chi connectivity index (χ1v) is 8.94. The Hall–Kier alpha value is -2.30. The van der Waals surface area contributed by atoms with Crippen LogP contribution < -0.4 is 0 Å². The van der Waals surface area contributed by atoms with Crippen LogP contribution in [0.1, 0.15) is 60.3 Å². The summed E-state index contributed by atoms with van der Waals surface area (Å²) in [5.41, 5.74) is 1.59. The summed E-state index contributed by atoms with van der Waals surface area (Å²) < 4.78 is 38.8. The highest BCUT2D eigenvalue weighted by Crippen LogP contribution is 2.33. The largest absolute Gasteiger partial charge is 0.416 e. The summed E-state index contributed by atoms with van der Waals surface area (Å²) in [7, 11) is 0. The van der Waals surface area contributed by atoms with Gasteiger partial charge in [-0.2, -0.15) is 13.2 Å². The zero-order valence-electron chi connectivity index (χ0n) is 14.5. The Morgan fingerprint density at radius 1 is 1.00 bits per heavy atom. The maximum atomic E-state index is 12.9. The molecule has 0 bridgehead atoms. The van der Waals surface area contributed by atoms with Crippen molar-refractivity contribution in [1.82, 2.24) is 0 Å². The van der Waals surface area contributed by atoms with E-state index in [1.54, 1.807) is 12.3 Å². The lowest BCUT2D eigenvalue weighted by Crippen LogP contribution is -2.09. The molecular formula is C21H22F3NO. The summed E-state index contributed by atoms with van der Waals surface area (Å²) in [5.74, 6) is 0.594. The van der Waals surface area contributed by atoms with Crippen molar-refractivity contribution in [2.24, 2.45) is 5.16 Å². The molecule has 2 nitrogen and oxygen atoms in total. The second-order valence-corrected chi connectivity index (χ2v) is 6.67. The van der Waals surface area contributed by atoms with Gasteiger partial charge in [0.1, 0.15) is 6.61 Å². The summed E-state index contributed by atoms with van der Waals surface area (Å²) in [6.07, 6.45) is 3.44. The lowest BCUT2D eigenvalue weighted by molar-refractivity contribution is -0.138. The molecule has 1 aliphatic carbocycles. The molecular weight excluding hydrogens is 339 g/mol. The third-order valence-electron chi connectivity index (χ3n) is 4.81. The van der Waals surface area contributed by atoms with Crippen LogP contribution in [-0.2, 0) is 17.6 Å². The Kier molecular flexibility index (Phi) is 5.96. The molecule has 1 saturated carbocycles. The lowest BCUT2D eigenvalue weighted by Gasteiger charge is -2.22. The van der Waals surface area contributed by atoms with E-state index < -0.39 is 11.7 Å². The minimum atomic E-state index is -4.39. The molecule has 0 saturated heterocycles. The minimum Gasteiger partial charge on any atom is -0.391 e. The summed E-state index contributed by atoms with van der Waals surface area (Å²) in [6, 6.07) is 13.5. The predicted octanol–water partition coefficient (Wildman–Crippen LogP) is 6.30. The number of hydrogen-bond acceptors (Lipinski definition) is 2. The highest BCUT2D eigenvalue weighted by Gasteiger charge is 2.32. The molecule has 0 radical (unpaired) electrons. The summed E-state index contributed by atoms with van der Waals surface area (Å²) in [6.45, 7) is -0.214. The Morgan fingerprint density at radius 3 is 2.54 bits per heavy atom. The number of nitrogens with zero attached hydrogens (tertiary/aromatic N) is 1. The highest BCUT2D eigenvalue weighted by molar-refractivity contribution is 5.79. The number of halogens is 3. The van der Waals surface area contributed by atoms with E-state index >= 15 is 0 Å². The van der Waals surface area contributed by atoms with Gasteiger partial charge in [-0.25, -0.2) is 0 Å². The van der Waals surface area contributed by atoms with E-state index in [1.165, 1.54) is 49.8 Å². The van der Waals surface area contributed by atoms with Crippen molar-refractivity contribution >= 4 is 6.21 Å². The first-order valence-electron chi connectivity index (χ1n) is 8.94. The standard InChI is InChI=1S/C21H22F3NO/c22-21(23,24)20-12-5-4-10-19(20)15-26-25-14-16-7-6-11-18(13-16)17-8-2-1-3-9-17/h4-7,10-14,17H,1-3,8-9,15H2. The third-order valence-corrected chi connectivity index (χ3v) is 4.81. The zero-order chi connectivity index (χ0) is 18.4. The Labute approximate surface area is 151 Å². The van der Waals surface area contributed by atoms with Crippen molar-refractivity contribution in [3.8, 4) is 0 Å². The zero-order valence-corrected chi connectivity index (χ0v) is 14.5. The van der Waals surface area contributed by atoms with Crippen LogP contribution in [0.25, 0.3) is 0 Å². The van der Waals surface area contributed by atoms with Gasteiger partial charge in [-0.1, -0.05) is 60.8 Å². The van der Waals surface area contributed by atoms with E-state index in [0.29, 0.717) is 5.92 Å². The van der Waals surface area contributed by atoms with Gasteiger partial charge in [-0.15, -0.1) is 0 Å². The minimum absolute atomic E-state index is 0.0770. The first kappa shape index (κ1) is 18.5. The van der Waals surface area contributed by atoms with Crippen molar-refractivity contribution < 1.29 is 18.0 Å². The number of hydrogen-bond donors (Lipinski definition) is 0. The quantitative estimate of drug-likeness (QED) is 0.452. The van der Waals surface area contributed by atoms with E-state index in [-0.39, 0.29) is 12.2 Å². The average Bonchev–Trinajstić information content (AvgIpc) is 2.66. The molecule has 0 N–H and O–H groups in total. The molecule has 138 valence electrons. The van der Waals surface area contributed by atoms with Crippen LogP contribution in [0.5, 0.6) is 0 Å².